The number of ketones is 1. The Morgan fingerprint density at radius 2 is 1.92 bits per heavy atom. The van der Waals surface area contributed by atoms with E-state index in [1.165, 1.54) is 51.5 Å². The predicted octanol–water partition coefficient (Wildman–Crippen LogP) is 6.38. The zero-order valence-corrected chi connectivity index (χ0v) is 22.2. The van der Waals surface area contributed by atoms with Gasteiger partial charge >= 0.3 is 0 Å². The average molecular weight is 566 g/mol. The number of anilines is 1. The van der Waals surface area contributed by atoms with Gasteiger partial charge in [-0.1, -0.05) is 66.1 Å². The highest BCUT2D eigenvalue weighted by atomic mass is 32.2. The molecule has 0 saturated heterocycles. The molecule has 2 aromatic carbocycles. The number of aliphatic hydroxyl groups excluding tert-OH is 1. The number of thiophene rings is 1. The summed E-state index contributed by atoms with van der Waals surface area (Å²) in [5.41, 5.74) is 1.49. The number of ether oxygens (including phenoxy) is 1. The van der Waals surface area contributed by atoms with E-state index >= 15 is 0 Å². The van der Waals surface area contributed by atoms with Crippen molar-refractivity contribution in [2.24, 2.45) is 0 Å². The van der Waals surface area contributed by atoms with Gasteiger partial charge in [0.25, 0.3) is 5.91 Å². The molecule has 0 radical (unpaired) electrons. The van der Waals surface area contributed by atoms with Crippen LogP contribution in [0.5, 0.6) is 5.75 Å². The second kappa shape index (κ2) is 11.3. The van der Waals surface area contributed by atoms with Gasteiger partial charge in [-0.3, -0.25) is 14.5 Å². The number of Topliss-reactive ketones (excluding diaryl/α,β-unsaturated/α-hetero) is 1. The topological polar surface area (TPSA) is 92.6 Å². The van der Waals surface area contributed by atoms with Gasteiger partial charge in [0.05, 0.1) is 16.5 Å². The Kier molecular flexibility index (Phi) is 7.68. The summed E-state index contributed by atoms with van der Waals surface area (Å²) >= 11 is 3.79. The second-order valence-electron chi connectivity index (χ2n) is 8.08. The van der Waals surface area contributed by atoms with Gasteiger partial charge in [-0.05, 0) is 46.8 Å². The Morgan fingerprint density at radius 3 is 2.61 bits per heavy atom. The van der Waals surface area contributed by atoms with Crippen molar-refractivity contribution in [1.29, 1.82) is 0 Å². The second-order valence-corrected chi connectivity index (χ2v) is 11.2. The van der Waals surface area contributed by atoms with Crippen LogP contribution in [-0.4, -0.2) is 33.6 Å². The lowest BCUT2D eigenvalue weighted by Crippen LogP contribution is -2.31. The molecule has 0 fully saturated rings. The molecule has 192 valence electrons. The number of amides is 1. The lowest BCUT2D eigenvalue weighted by Gasteiger charge is -2.24. The summed E-state index contributed by atoms with van der Waals surface area (Å²) in [6, 6.07) is 15.6. The molecule has 1 aliphatic rings. The van der Waals surface area contributed by atoms with E-state index in [1.54, 1.807) is 60.0 Å². The van der Waals surface area contributed by atoms with Crippen LogP contribution in [0, 0.1) is 5.82 Å². The molecule has 0 bridgehead atoms. The van der Waals surface area contributed by atoms with E-state index in [4.69, 9.17) is 4.74 Å². The Morgan fingerprint density at radius 1 is 1.16 bits per heavy atom. The third-order valence-corrected chi connectivity index (χ3v) is 8.63. The van der Waals surface area contributed by atoms with Gasteiger partial charge in [-0.25, -0.2) is 4.39 Å². The Balaban J connectivity index is 1.47. The van der Waals surface area contributed by atoms with E-state index in [1.807, 2.05) is 0 Å². The van der Waals surface area contributed by atoms with Crippen molar-refractivity contribution in [2.75, 3.05) is 11.5 Å². The molecule has 1 amide bonds. The summed E-state index contributed by atoms with van der Waals surface area (Å²) in [4.78, 5) is 28.5. The van der Waals surface area contributed by atoms with Crippen molar-refractivity contribution < 1.29 is 23.8 Å². The maximum Gasteiger partial charge on any atom is 0.296 e. The lowest BCUT2D eigenvalue weighted by atomic mass is 9.95. The molecule has 5 rings (SSSR count). The fourth-order valence-corrected chi connectivity index (χ4v) is 6.38. The van der Waals surface area contributed by atoms with Gasteiger partial charge in [-0.2, -0.15) is 0 Å². The van der Waals surface area contributed by atoms with Gasteiger partial charge in [0, 0.05) is 5.75 Å². The summed E-state index contributed by atoms with van der Waals surface area (Å²) in [5.74, 6) is -0.954. The maximum atomic E-state index is 13.4. The third-order valence-electron chi connectivity index (χ3n) is 5.64. The number of benzene rings is 2. The van der Waals surface area contributed by atoms with Crippen LogP contribution in [0.1, 0.15) is 26.8 Å². The Labute approximate surface area is 229 Å². The number of hydrogen-bond acceptors (Lipinski definition) is 9. The monoisotopic (exact) mass is 565 g/mol. The van der Waals surface area contributed by atoms with E-state index in [0.717, 1.165) is 5.56 Å². The molecule has 1 aliphatic heterocycles. The third kappa shape index (κ3) is 5.26. The highest BCUT2D eigenvalue weighted by molar-refractivity contribution is 8.00. The van der Waals surface area contributed by atoms with Gasteiger partial charge < -0.3 is 9.84 Å². The molecule has 0 spiro atoms. The zero-order valence-electron chi connectivity index (χ0n) is 19.7. The summed E-state index contributed by atoms with van der Waals surface area (Å²) in [7, 11) is 0. The van der Waals surface area contributed by atoms with Crippen molar-refractivity contribution in [2.45, 2.75) is 16.1 Å². The molecule has 1 N–H and O–H groups in total. The van der Waals surface area contributed by atoms with Gasteiger partial charge in [0.2, 0.25) is 10.9 Å². The van der Waals surface area contributed by atoms with Crippen LogP contribution in [0.3, 0.4) is 0 Å². The minimum Gasteiger partial charge on any atom is -0.503 e. The quantitative estimate of drug-likeness (QED) is 0.103. The average Bonchev–Trinajstić information content (AvgIpc) is 3.68. The normalized spacial score (nSPS) is 15.2. The molecule has 0 saturated carbocycles. The Bertz CT molecular complexity index is 1500. The molecule has 0 aliphatic carbocycles. The molecular formula is C27H20FN3O4S3. The maximum absolute atomic E-state index is 13.4. The number of hydrogen-bond donors (Lipinski definition) is 1. The lowest BCUT2D eigenvalue weighted by molar-refractivity contribution is -0.117. The van der Waals surface area contributed by atoms with Crippen LogP contribution in [0.25, 0.3) is 0 Å². The molecule has 1 unspecified atom stereocenters. The molecular weight excluding hydrogens is 546 g/mol. The van der Waals surface area contributed by atoms with E-state index in [9.17, 15) is 19.1 Å². The van der Waals surface area contributed by atoms with Crippen LogP contribution < -0.4 is 9.64 Å². The Hall–Kier alpha value is -3.80. The molecule has 1 atom stereocenters. The fraction of sp³-hybridized carbons (Fsp3) is 0.111. The van der Waals surface area contributed by atoms with Crippen LogP contribution in [0.15, 0.2) is 94.4 Å². The summed E-state index contributed by atoms with van der Waals surface area (Å²) in [6.07, 6.45) is 1.63. The first-order valence-electron chi connectivity index (χ1n) is 11.4. The van der Waals surface area contributed by atoms with Crippen LogP contribution in [0.2, 0.25) is 0 Å². The van der Waals surface area contributed by atoms with Gasteiger partial charge in [-0.15, -0.1) is 21.5 Å². The highest BCUT2D eigenvalue weighted by Crippen LogP contribution is 2.44. The molecule has 4 aromatic rings. The number of carbonyl (C=O) groups is 2. The number of carbonyl (C=O) groups excluding carboxylic acids is 2. The first-order chi connectivity index (χ1) is 18.5. The van der Waals surface area contributed by atoms with Crippen molar-refractivity contribution >= 4 is 51.3 Å². The standard InChI is InChI=1S/C27H20FN3O4S3/c1-2-13-35-19-11-7-17(8-12-19)22-21(23(32)20-4-3-14-36-20)24(33)25(34)31(22)26-29-30-27(38-26)37-15-16-5-9-18(28)10-6-16/h2-12,14,22,33H,1,13,15H2. The van der Waals surface area contributed by atoms with Crippen molar-refractivity contribution in [3.05, 3.63) is 112 Å². The molecule has 2 aromatic heterocycles. The van der Waals surface area contributed by atoms with Crippen LogP contribution in [-0.2, 0) is 10.5 Å². The van der Waals surface area contributed by atoms with Crippen LogP contribution >= 0.6 is 34.4 Å². The largest absolute Gasteiger partial charge is 0.503 e. The smallest absolute Gasteiger partial charge is 0.296 e. The number of aliphatic hydroxyl groups is 1. The van der Waals surface area contributed by atoms with E-state index in [0.29, 0.717) is 32.9 Å². The van der Waals surface area contributed by atoms with Gasteiger partial charge in [0.1, 0.15) is 18.2 Å². The predicted molar refractivity (Wildman–Crippen MR) is 147 cm³/mol. The van der Waals surface area contributed by atoms with Crippen molar-refractivity contribution in [1.82, 2.24) is 10.2 Å². The molecule has 38 heavy (non-hydrogen) atoms. The fourth-order valence-electron chi connectivity index (χ4n) is 3.88. The first-order valence-corrected chi connectivity index (χ1v) is 14.0. The SMILES string of the molecule is C=CCOc1ccc(C2C(C(=O)c3cccs3)=C(O)C(=O)N2c2nnc(SCc3ccc(F)cc3)s2)cc1. The summed E-state index contributed by atoms with van der Waals surface area (Å²) < 4.78 is 19.4. The number of rotatable bonds is 10. The summed E-state index contributed by atoms with van der Waals surface area (Å²) in [6.45, 7) is 3.97. The van der Waals surface area contributed by atoms with E-state index in [2.05, 4.69) is 16.8 Å². The summed E-state index contributed by atoms with van der Waals surface area (Å²) in [5, 5.41) is 21.3. The number of thioether (sulfide) groups is 1. The number of halogens is 1. The van der Waals surface area contributed by atoms with Gasteiger partial charge in [0.15, 0.2) is 10.1 Å². The zero-order chi connectivity index (χ0) is 26.6. The van der Waals surface area contributed by atoms with E-state index in [-0.39, 0.29) is 16.5 Å². The van der Waals surface area contributed by atoms with E-state index < -0.39 is 23.5 Å². The molecule has 11 heteroatoms. The number of aromatic nitrogens is 2. The minimum absolute atomic E-state index is 0.0204. The highest BCUT2D eigenvalue weighted by Gasteiger charge is 2.46. The first kappa shape index (κ1) is 25.8. The number of nitrogens with zero attached hydrogens (tertiary/aromatic N) is 3. The molecule has 7 nitrogen and oxygen atoms in total. The van der Waals surface area contributed by atoms with Crippen LogP contribution in [0.4, 0.5) is 9.52 Å². The minimum atomic E-state index is -0.909. The van der Waals surface area contributed by atoms with Crippen molar-refractivity contribution in [3.63, 3.8) is 0 Å². The molecule has 3 heterocycles. The van der Waals surface area contributed by atoms with Crippen molar-refractivity contribution in [3.8, 4) is 5.75 Å².